The molecule has 1 fully saturated rings. The lowest BCUT2D eigenvalue weighted by Crippen LogP contribution is -2.37. The van der Waals surface area contributed by atoms with E-state index in [0.717, 1.165) is 23.1 Å². The molecule has 6 heteroatoms. The molecule has 1 aliphatic rings. The average molecular weight is 249 g/mol. The zero-order valence-corrected chi connectivity index (χ0v) is 9.94. The summed E-state index contributed by atoms with van der Waals surface area (Å²) in [6.45, 7) is 2.92. The van der Waals surface area contributed by atoms with E-state index < -0.39 is 0 Å². The van der Waals surface area contributed by atoms with E-state index >= 15 is 0 Å². The van der Waals surface area contributed by atoms with Gasteiger partial charge in [-0.15, -0.1) is 0 Å². The topological polar surface area (TPSA) is 55.3 Å². The second-order valence-corrected chi connectivity index (χ2v) is 4.71. The molecule has 1 saturated heterocycles. The van der Waals surface area contributed by atoms with Gasteiger partial charge in [-0.05, 0) is 12.1 Å². The van der Waals surface area contributed by atoms with Gasteiger partial charge >= 0.3 is 0 Å². The van der Waals surface area contributed by atoms with Crippen molar-refractivity contribution in [3.8, 4) is 0 Å². The molecule has 0 unspecified atom stereocenters. The van der Waals surface area contributed by atoms with Gasteiger partial charge in [-0.3, -0.25) is 4.79 Å². The van der Waals surface area contributed by atoms with Gasteiger partial charge in [0, 0.05) is 19.3 Å². The average Bonchev–Trinajstić information content (AvgIpc) is 2.40. The molecule has 0 atom stereocenters. The smallest absolute Gasteiger partial charge is 0.282 e. The van der Waals surface area contributed by atoms with Crippen molar-refractivity contribution in [2.45, 2.75) is 0 Å². The van der Waals surface area contributed by atoms with Gasteiger partial charge in [-0.25, -0.2) is 4.98 Å². The van der Waals surface area contributed by atoms with E-state index in [4.69, 9.17) is 4.74 Å². The molecular weight excluding hydrogens is 238 g/mol. The number of fused-ring (bicyclic) bond motifs is 1. The van der Waals surface area contributed by atoms with Crippen molar-refractivity contribution in [1.82, 2.24) is 9.97 Å². The van der Waals surface area contributed by atoms with Crippen LogP contribution in [0.2, 0.25) is 0 Å². The number of morpholine rings is 1. The minimum Gasteiger partial charge on any atom is -0.378 e. The van der Waals surface area contributed by atoms with Gasteiger partial charge in [0.1, 0.15) is 4.83 Å². The summed E-state index contributed by atoms with van der Waals surface area (Å²) in [5.41, 5.74) is -0.201. The van der Waals surface area contributed by atoms with Crippen molar-refractivity contribution >= 4 is 26.7 Å². The number of nitrogens with zero attached hydrogens (tertiary/aromatic N) is 3. The molecule has 0 amide bonds. The summed E-state index contributed by atoms with van der Waals surface area (Å²) >= 11 is 1.46. The fourth-order valence-corrected chi connectivity index (χ4v) is 2.77. The Kier molecular flexibility index (Phi) is 2.74. The van der Waals surface area contributed by atoms with Crippen LogP contribution in [0.1, 0.15) is 0 Å². The van der Waals surface area contributed by atoms with Crippen molar-refractivity contribution in [3.63, 3.8) is 0 Å². The molecule has 2 aromatic heterocycles. The van der Waals surface area contributed by atoms with Crippen LogP contribution in [-0.4, -0.2) is 36.3 Å². The van der Waals surface area contributed by atoms with Crippen molar-refractivity contribution < 1.29 is 4.74 Å². The molecule has 1 aliphatic heterocycles. The zero-order chi connectivity index (χ0) is 11.7. The molecule has 3 rings (SSSR count). The molecule has 88 valence electrons. The van der Waals surface area contributed by atoms with Gasteiger partial charge in [-0.1, -0.05) is 11.3 Å². The van der Waals surface area contributed by atoms with Gasteiger partial charge in [0.05, 0.1) is 18.6 Å². The van der Waals surface area contributed by atoms with Crippen molar-refractivity contribution in [3.05, 3.63) is 28.7 Å². The monoisotopic (exact) mass is 249 g/mol. The molecule has 0 aromatic carbocycles. The Balaban J connectivity index is 2.08. The number of pyridine rings is 1. The Morgan fingerprint density at radius 3 is 3.00 bits per heavy atom. The van der Waals surface area contributed by atoms with Gasteiger partial charge in [0.25, 0.3) is 5.56 Å². The maximum absolute atomic E-state index is 11.8. The Morgan fingerprint density at radius 2 is 2.18 bits per heavy atom. The number of hydrogen-bond acceptors (Lipinski definition) is 6. The maximum Gasteiger partial charge on any atom is 0.282 e. The Morgan fingerprint density at radius 1 is 1.35 bits per heavy atom. The highest BCUT2D eigenvalue weighted by molar-refractivity contribution is 7.21. The number of hydrogen-bond donors (Lipinski definition) is 0. The fraction of sp³-hybridized carbons (Fsp3) is 0.364. The molecule has 17 heavy (non-hydrogen) atoms. The third-order valence-electron chi connectivity index (χ3n) is 2.67. The van der Waals surface area contributed by atoms with Gasteiger partial charge in [-0.2, -0.15) is 4.98 Å². The summed E-state index contributed by atoms with van der Waals surface area (Å²) in [6.07, 6.45) is 1.70. The molecule has 0 aliphatic carbocycles. The highest BCUT2D eigenvalue weighted by Gasteiger charge is 2.15. The second kappa shape index (κ2) is 4.38. The summed E-state index contributed by atoms with van der Waals surface area (Å²) in [6, 6.07) is 3.52. The number of rotatable bonds is 1. The second-order valence-electron chi connectivity index (χ2n) is 3.76. The van der Waals surface area contributed by atoms with E-state index in [1.54, 1.807) is 18.3 Å². The first-order valence-electron chi connectivity index (χ1n) is 5.43. The third-order valence-corrected chi connectivity index (χ3v) is 3.72. The first-order valence-corrected chi connectivity index (χ1v) is 6.25. The van der Waals surface area contributed by atoms with E-state index in [-0.39, 0.29) is 5.56 Å². The Hall–Kier alpha value is -1.53. The van der Waals surface area contributed by atoms with Crippen LogP contribution >= 0.6 is 11.3 Å². The highest BCUT2D eigenvalue weighted by atomic mass is 32.1. The van der Waals surface area contributed by atoms with Crippen LogP contribution < -0.4 is 10.5 Å². The lowest BCUT2D eigenvalue weighted by atomic mass is 10.4. The lowest BCUT2D eigenvalue weighted by molar-refractivity contribution is 0.122. The van der Waals surface area contributed by atoms with E-state index in [9.17, 15) is 4.79 Å². The van der Waals surface area contributed by atoms with Crippen LogP contribution in [0.3, 0.4) is 0 Å². The first-order chi connectivity index (χ1) is 8.34. The summed E-state index contributed by atoms with van der Waals surface area (Å²) in [5.74, 6) is 0. The third kappa shape index (κ3) is 2.01. The van der Waals surface area contributed by atoms with Crippen LogP contribution in [-0.2, 0) is 4.74 Å². The molecule has 0 bridgehead atoms. The predicted molar refractivity (Wildman–Crippen MR) is 66.7 cm³/mol. The highest BCUT2D eigenvalue weighted by Crippen LogP contribution is 2.22. The van der Waals surface area contributed by atoms with Gasteiger partial charge in [0.15, 0.2) is 5.13 Å². The maximum atomic E-state index is 11.8. The van der Waals surface area contributed by atoms with Crippen molar-refractivity contribution in [1.29, 1.82) is 0 Å². The molecule has 0 spiro atoms. The molecule has 0 radical (unpaired) electrons. The standard InChI is InChI=1S/C11H11N3O2S/c15-9-8-2-1-3-12-10(8)17-11(13-9)14-4-6-16-7-5-14/h1-3H,4-7H2. The normalized spacial score (nSPS) is 16.4. The molecule has 0 N–H and O–H groups in total. The van der Waals surface area contributed by atoms with Gasteiger partial charge in [0.2, 0.25) is 0 Å². The molecular formula is C11H11N3O2S. The molecule has 5 nitrogen and oxygen atoms in total. The molecule has 3 heterocycles. The lowest BCUT2D eigenvalue weighted by Gasteiger charge is -2.26. The van der Waals surface area contributed by atoms with Crippen LogP contribution in [0.4, 0.5) is 5.13 Å². The van der Waals surface area contributed by atoms with E-state index in [0.29, 0.717) is 18.6 Å². The van der Waals surface area contributed by atoms with Crippen LogP contribution in [0.15, 0.2) is 23.1 Å². The number of aromatic nitrogens is 2. The van der Waals surface area contributed by atoms with Crippen molar-refractivity contribution in [2.24, 2.45) is 0 Å². The summed E-state index contributed by atoms with van der Waals surface area (Å²) in [4.78, 5) is 23.0. The number of ether oxygens (including phenoxy) is 1. The summed E-state index contributed by atoms with van der Waals surface area (Å²) in [7, 11) is 0. The Bertz CT molecular complexity index is 593. The summed E-state index contributed by atoms with van der Waals surface area (Å²) < 4.78 is 5.28. The largest absolute Gasteiger partial charge is 0.378 e. The SMILES string of the molecule is O=c1nc(N2CCOCC2)sc2ncccc12. The number of anilines is 1. The van der Waals surface area contributed by atoms with Crippen molar-refractivity contribution in [2.75, 3.05) is 31.2 Å². The van der Waals surface area contributed by atoms with E-state index in [1.807, 2.05) is 0 Å². The Labute approximate surface area is 102 Å². The molecule has 0 saturated carbocycles. The minimum absolute atomic E-state index is 0.201. The molecule has 2 aromatic rings. The first kappa shape index (κ1) is 10.6. The van der Waals surface area contributed by atoms with Crippen LogP contribution in [0.5, 0.6) is 0 Å². The van der Waals surface area contributed by atoms with E-state index in [1.165, 1.54) is 11.3 Å². The predicted octanol–water partition coefficient (Wildman–Crippen LogP) is 0.888. The zero-order valence-electron chi connectivity index (χ0n) is 9.13. The fourth-order valence-electron chi connectivity index (χ4n) is 1.78. The van der Waals surface area contributed by atoms with E-state index in [2.05, 4.69) is 14.9 Å². The van der Waals surface area contributed by atoms with Gasteiger partial charge < -0.3 is 9.64 Å². The quantitative estimate of drug-likeness (QED) is 0.751. The summed E-state index contributed by atoms with van der Waals surface area (Å²) in [5, 5.41) is 1.33. The van der Waals surface area contributed by atoms with Crippen LogP contribution in [0.25, 0.3) is 10.2 Å². The van der Waals surface area contributed by atoms with Crippen LogP contribution in [0, 0.1) is 0 Å². The minimum atomic E-state index is -0.201.